The first-order valence-electron chi connectivity index (χ1n) is 3.29. The number of aromatic nitrogens is 4. The number of hydrogen-bond acceptors (Lipinski definition) is 4. The molecule has 1 rings (SSSR count). The van der Waals surface area contributed by atoms with Gasteiger partial charge in [-0.15, -0.1) is 10.2 Å². The molecule has 5 nitrogen and oxygen atoms in total. The van der Waals surface area contributed by atoms with Crippen LogP contribution in [0.4, 0.5) is 0 Å². The second-order valence-corrected chi connectivity index (χ2v) is 1.99. The van der Waals surface area contributed by atoms with E-state index in [1.165, 1.54) is 6.33 Å². The van der Waals surface area contributed by atoms with Crippen molar-refractivity contribution in [3.8, 4) is 0 Å². The van der Waals surface area contributed by atoms with E-state index in [9.17, 15) is 0 Å². The van der Waals surface area contributed by atoms with Gasteiger partial charge in [0.05, 0.1) is 6.54 Å². The molecule has 1 aromatic heterocycles. The van der Waals surface area contributed by atoms with Crippen LogP contribution in [0.1, 0.15) is 6.42 Å². The van der Waals surface area contributed by atoms with Crippen LogP contribution >= 0.6 is 0 Å². The summed E-state index contributed by atoms with van der Waals surface area (Å²) in [5.74, 6) is 0. The molecule has 5 heteroatoms. The highest BCUT2D eigenvalue weighted by Crippen LogP contribution is 1.80. The second-order valence-electron chi connectivity index (χ2n) is 1.99. The average molecular weight is 141 g/mol. The standard InChI is InChI=1S/C5H11N5/c1-6-3-2-4-10-8-5-7-9-10/h5-6H,2-4H2,1H3. The summed E-state index contributed by atoms with van der Waals surface area (Å²) in [6.07, 6.45) is 2.48. The summed E-state index contributed by atoms with van der Waals surface area (Å²) in [6, 6.07) is 0. The fraction of sp³-hybridized carbons (Fsp3) is 0.800. The van der Waals surface area contributed by atoms with Gasteiger partial charge in [-0.05, 0) is 25.2 Å². The first kappa shape index (κ1) is 7.14. The van der Waals surface area contributed by atoms with Gasteiger partial charge in [-0.3, -0.25) is 0 Å². The van der Waals surface area contributed by atoms with Crippen LogP contribution in [0.5, 0.6) is 0 Å². The molecular formula is C5H11N5. The SMILES string of the molecule is CNCCCn1ncnn1. The average Bonchev–Trinajstić information content (AvgIpc) is 2.41. The van der Waals surface area contributed by atoms with Crippen molar-refractivity contribution >= 4 is 0 Å². The number of rotatable bonds is 4. The lowest BCUT2D eigenvalue weighted by molar-refractivity contribution is 0.492. The van der Waals surface area contributed by atoms with Crippen molar-refractivity contribution in [1.29, 1.82) is 0 Å². The van der Waals surface area contributed by atoms with Gasteiger partial charge in [-0.1, -0.05) is 0 Å². The summed E-state index contributed by atoms with van der Waals surface area (Å²) >= 11 is 0. The lowest BCUT2D eigenvalue weighted by Gasteiger charge is -1.96. The second kappa shape index (κ2) is 3.94. The molecule has 0 saturated carbocycles. The summed E-state index contributed by atoms with van der Waals surface area (Å²) < 4.78 is 0. The highest BCUT2D eigenvalue weighted by molar-refractivity contribution is 4.42. The molecule has 10 heavy (non-hydrogen) atoms. The third-order valence-corrected chi connectivity index (χ3v) is 1.18. The molecule has 0 amide bonds. The fourth-order valence-electron chi connectivity index (χ4n) is 0.688. The molecule has 1 aromatic rings. The van der Waals surface area contributed by atoms with Crippen LogP contribution in [0.25, 0.3) is 0 Å². The molecule has 56 valence electrons. The summed E-state index contributed by atoms with van der Waals surface area (Å²) in [5.41, 5.74) is 0. The van der Waals surface area contributed by atoms with Gasteiger partial charge >= 0.3 is 0 Å². The van der Waals surface area contributed by atoms with Crippen molar-refractivity contribution in [2.75, 3.05) is 13.6 Å². The maximum absolute atomic E-state index is 3.85. The van der Waals surface area contributed by atoms with Gasteiger partial charge in [-0.2, -0.15) is 4.80 Å². The Morgan fingerprint density at radius 1 is 1.60 bits per heavy atom. The molecule has 0 atom stereocenters. The molecule has 0 aliphatic carbocycles. The fourth-order valence-corrected chi connectivity index (χ4v) is 0.688. The van der Waals surface area contributed by atoms with Crippen LogP contribution in [-0.4, -0.2) is 33.8 Å². The van der Waals surface area contributed by atoms with E-state index < -0.39 is 0 Å². The smallest absolute Gasteiger partial charge is 0.162 e. The first-order chi connectivity index (χ1) is 4.93. The molecule has 1 heterocycles. The highest BCUT2D eigenvalue weighted by atomic mass is 15.6. The van der Waals surface area contributed by atoms with Gasteiger partial charge in [-0.25, -0.2) is 0 Å². The lowest BCUT2D eigenvalue weighted by atomic mass is 10.4. The summed E-state index contributed by atoms with van der Waals surface area (Å²) in [4.78, 5) is 1.58. The van der Waals surface area contributed by atoms with Gasteiger partial charge in [0, 0.05) is 0 Å². The first-order valence-corrected chi connectivity index (χ1v) is 3.29. The number of nitrogens with one attached hydrogen (secondary N) is 1. The summed E-state index contributed by atoms with van der Waals surface area (Å²) in [6.45, 7) is 1.82. The zero-order valence-corrected chi connectivity index (χ0v) is 5.99. The van der Waals surface area contributed by atoms with E-state index >= 15 is 0 Å². The Labute approximate surface area is 59.4 Å². The maximum Gasteiger partial charge on any atom is 0.162 e. The van der Waals surface area contributed by atoms with Gasteiger partial charge in [0.15, 0.2) is 6.33 Å². The number of aryl methyl sites for hydroxylation is 1. The molecule has 0 spiro atoms. The Bertz CT molecular complexity index is 159. The third kappa shape index (κ3) is 2.10. The van der Waals surface area contributed by atoms with Crippen LogP contribution in [0.15, 0.2) is 6.33 Å². The van der Waals surface area contributed by atoms with Crippen molar-refractivity contribution in [3.05, 3.63) is 6.33 Å². The predicted molar refractivity (Wildman–Crippen MR) is 36.4 cm³/mol. The molecule has 0 fully saturated rings. The van der Waals surface area contributed by atoms with Gasteiger partial charge in [0.2, 0.25) is 0 Å². The van der Waals surface area contributed by atoms with Crippen LogP contribution in [0.2, 0.25) is 0 Å². The van der Waals surface area contributed by atoms with Crippen LogP contribution in [-0.2, 0) is 6.54 Å². The maximum atomic E-state index is 3.85. The van der Waals surface area contributed by atoms with Gasteiger partial charge in [0.25, 0.3) is 0 Å². The van der Waals surface area contributed by atoms with Crippen LogP contribution in [0.3, 0.4) is 0 Å². The van der Waals surface area contributed by atoms with Crippen LogP contribution < -0.4 is 5.32 Å². The molecule has 0 saturated heterocycles. The van der Waals surface area contributed by atoms with E-state index in [1.54, 1.807) is 4.80 Å². The highest BCUT2D eigenvalue weighted by Gasteiger charge is 1.89. The molecule has 0 bridgehead atoms. The lowest BCUT2D eigenvalue weighted by Crippen LogP contribution is -2.12. The van der Waals surface area contributed by atoms with Crippen LogP contribution in [0, 0.1) is 0 Å². The van der Waals surface area contributed by atoms with Crippen molar-refractivity contribution in [3.63, 3.8) is 0 Å². The number of tetrazole rings is 1. The van der Waals surface area contributed by atoms with E-state index in [0.717, 1.165) is 19.5 Å². The quantitative estimate of drug-likeness (QED) is 0.562. The molecule has 1 N–H and O–H groups in total. The Kier molecular flexibility index (Phi) is 2.82. The van der Waals surface area contributed by atoms with E-state index in [2.05, 4.69) is 20.7 Å². The number of nitrogens with zero attached hydrogens (tertiary/aromatic N) is 4. The minimum atomic E-state index is 0.834. The Morgan fingerprint density at radius 3 is 3.10 bits per heavy atom. The normalized spacial score (nSPS) is 10.1. The topological polar surface area (TPSA) is 55.6 Å². The van der Waals surface area contributed by atoms with E-state index in [-0.39, 0.29) is 0 Å². The molecular weight excluding hydrogens is 130 g/mol. The molecule has 0 aromatic carbocycles. The molecule has 0 radical (unpaired) electrons. The van der Waals surface area contributed by atoms with E-state index in [0.29, 0.717) is 0 Å². The monoisotopic (exact) mass is 141 g/mol. The van der Waals surface area contributed by atoms with E-state index in [1.807, 2.05) is 7.05 Å². The van der Waals surface area contributed by atoms with Crippen molar-refractivity contribution in [2.24, 2.45) is 0 Å². The zero-order chi connectivity index (χ0) is 7.23. The van der Waals surface area contributed by atoms with Crippen molar-refractivity contribution in [1.82, 2.24) is 25.5 Å². The summed E-state index contributed by atoms with van der Waals surface area (Å²) in [7, 11) is 1.93. The molecule has 0 aliphatic rings. The third-order valence-electron chi connectivity index (χ3n) is 1.18. The minimum Gasteiger partial charge on any atom is -0.320 e. The van der Waals surface area contributed by atoms with Gasteiger partial charge < -0.3 is 5.32 Å². The van der Waals surface area contributed by atoms with Crippen molar-refractivity contribution in [2.45, 2.75) is 13.0 Å². The Balaban J connectivity index is 2.15. The zero-order valence-electron chi connectivity index (χ0n) is 5.99. The van der Waals surface area contributed by atoms with Crippen molar-refractivity contribution < 1.29 is 0 Å². The Morgan fingerprint density at radius 2 is 2.50 bits per heavy atom. The van der Waals surface area contributed by atoms with E-state index in [4.69, 9.17) is 0 Å². The minimum absolute atomic E-state index is 0.834. The summed E-state index contributed by atoms with van der Waals surface area (Å²) in [5, 5.41) is 14.2. The number of hydrogen-bond donors (Lipinski definition) is 1. The Hall–Kier alpha value is -0.970. The predicted octanol–water partition coefficient (Wildman–Crippen LogP) is -0.717. The molecule has 0 unspecified atom stereocenters. The largest absolute Gasteiger partial charge is 0.320 e. The molecule has 0 aliphatic heterocycles. The van der Waals surface area contributed by atoms with Gasteiger partial charge in [0.1, 0.15) is 0 Å².